The quantitative estimate of drug-likeness (QED) is 0.710. The lowest BCUT2D eigenvalue weighted by atomic mass is 9.99. The highest BCUT2D eigenvalue weighted by atomic mass is 19.1. The van der Waals surface area contributed by atoms with E-state index in [4.69, 9.17) is 0 Å². The van der Waals surface area contributed by atoms with Crippen LogP contribution < -0.4 is 9.80 Å². The predicted octanol–water partition coefficient (Wildman–Crippen LogP) is 3.95. The number of amides is 2. The highest BCUT2D eigenvalue weighted by Gasteiger charge is 2.42. The molecule has 1 fully saturated rings. The number of piperazine rings is 1. The van der Waals surface area contributed by atoms with Crippen LogP contribution in [-0.2, 0) is 9.59 Å². The van der Waals surface area contributed by atoms with E-state index >= 15 is 0 Å². The first kappa shape index (κ1) is 17.0. The second-order valence-electron chi connectivity index (χ2n) is 6.29. The van der Waals surface area contributed by atoms with Gasteiger partial charge in [0.05, 0.1) is 5.69 Å². The summed E-state index contributed by atoms with van der Waals surface area (Å²) in [5.41, 5.74) is 1.43. The van der Waals surface area contributed by atoms with Crippen molar-refractivity contribution in [2.24, 2.45) is 0 Å². The number of nitrogens with zero attached hydrogens (tertiary/aromatic N) is 2. The fourth-order valence-electron chi connectivity index (χ4n) is 3.37. The van der Waals surface area contributed by atoms with Crippen molar-refractivity contribution >= 4 is 23.2 Å². The minimum absolute atomic E-state index is 0.115. The summed E-state index contributed by atoms with van der Waals surface area (Å²) in [6, 6.07) is 23.3. The number of carbonyl (C=O) groups is 2. The molecule has 5 heteroatoms. The molecule has 0 saturated carbocycles. The molecule has 2 amide bonds. The highest BCUT2D eigenvalue weighted by Crippen LogP contribution is 2.34. The number of carbonyl (C=O) groups excluding carboxylic acids is 2. The minimum atomic E-state index is -0.852. The van der Waals surface area contributed by atoms with E-state index in [-0.39, 0.29) is 24.0 Å². The van der Waals surface area contributed by atoms with Gasteiger partial charge in [-0.15, -0.1) is 0 Å². The maximum atomic E-state index is 14.3. The van der Waals surface area contributed by atoms with Gasteiger partial charge in [0.1, 0.15) is 18.4 Å². The Bertz CT molecular complexity index is 976. The minimum Gasteiger partial charge on any atom is -0.298 e. The van der Waals surface area contributed by atoms with Crippen LogP contribution >= 0.6 is 0 Å². The summed E-state index contributed by atoms with van der Waals surface area (Å²) in [5, 5.41) is 0. The zero-order chi connectivity index (χ0) is 18.8. The molecule has 0 N–H and O–H groups in total. The van der Waals surface area contributed by atoms with Crippen LogP contribution in [0, 0.1) is 5.82 Å². The summed E-state index contributed by atoms with van der Waals surface area (Å²) in [6.45, 7) is -0.210. The first-order valence-electron chi connectivity index (χ1n) is 8.65. The number of hydrogen-bond acceptors (Lipinski definition) is 2. The molecule has 4 rings (SSSR count). The zero-order valence-corrected chi connectivity index (χ0v) is 14.5. The highest BCUT2D eigenvalue weighted by molar-refractivity contribution is 6.14. The average Bonchev–Trinajstić information content (AvgIpc) is 2.71. The molecule has 4 nitrogen and oxygen atoms in total. The fraction of sp³-hybridized carbons (Fsp3) is 0.0909. The first-order valence-corrected chi connectivity index (χ1v) is 8.65. The van der Waals surface area contributed by atoms with E-state index < -0.39 is 11.9 Å². The summed E-state index contributed by atoms with van der Waals surface area (Å²) < 4.78 is 14.3. The van der Waals surface area contributed by atoms with Crippen LogP contribution in [0.25, 0.3) is 0 Å². The Morgan fingerprint density at radius 2 is 1.37 bits per heavy atom. The van der Waals surface area contributed by atoms with Crippen molar-refractivity contribution in [1.29, 1.82) is 0 Å². The van der Waals surface area contributed by atoms with Crippen LogP contribution in [-0.4, -0.2) is 18.4 Å². The average molecular weight is 360 g/mol. The molecule has 27 heavy (non-hydrogen) atoms. The largest absolute Gasteiger partial charge is 0.298 e. The van der Waals surface area contributed by atoms with Crippen LogP contribution in [0.3, 0.4) is 0 Å². The fourth-order valence-corrected chi connectivity index (χ4v) is 3.37. The Kier molecular flexibility index (Phi) is 4.42. The molecule has 1 unspecified atom stereocenters. The van der Waals surface area contributed by atoms with Gasteiger partial charge in [-0.05, 0) is 29.8 Å². The van der Waals surface area contributed by atoms with E-state index in [1.807, 2.05) is 36.4 Å². The number of hydrogen-bond donors (Lipinski definition) is 0. The van der Waals surface area contributed by atoms with Gasteiger partial charge in [0.2, 0.25) is 5.91 Å². The number of benzene rings is 3. The van der Waals surface area contributed by atoms with E-state index in [0.29, 0.717) is 11.3 Å². The number of anilines is 2. The molecular formula is C22H17FN2O2. The smallest absolute Gasteiger partial charge is 0.255 e. The molecule has 0 aliphatic carbocycles. The van der Waals surface area contributed by atoms with Gasteiger partial charge in [0.15, 0.2) is 0 Å². The maximum Gasteiger partial charge on any atom is 0.255 e. The SMILES string of the molecule is O=C1C(c2ccccc2)N(c2ccccc2)C(=O)CN1c1ccccc1F. The molecular weight excluding hydrogens is 343 g/mol. The Labute approximate surface area is 156 Å². The van der Waals surface area contributed by atoms with Crippen molar-refractivity contribution in [3.8, 4) is 0 Å². The number of rotatable bonds is 3. The topological polar surface area (TPSA) is 40.6 Å². The van der Waals surface area contributed by atoms with Crippen molar-refractivity contribution in [2.75, 3.05) is 16.3 Å². The lowest BCUT2D eigenvalue weighted by Gasteiger charge is -2.40. The molecule has 1 saturated heterocycles. The third-order valence-electron chi connectivity index (χ3n) is 4.61. The summed E-state index contributed by atoms with van der Waals surface area (Å²) in [5.74, 6) is -1.13. The lowest BCUT2D eigenvalue weighted by molar-refractivity contribution is -0.128. The normalized spacial score (nSPS) is 17.3. The summed E-state index contributed by atoms with van der Waals surface area (Å²) >= 11 is 0. The third-order valence-corrected chi connectivity index (χ3v) is 4.61. The predicted molar refractivity (Wildman–Crippen MR) is 102 cm³/mol. The molecule has 1 heterocycles. The Hall–Kier alpha value is -3.47. The molecule has 134 valence electrons. The lowest BCUT2D eigenvalue weighted by Crippen LogP contribution is -2.56. The van der Waals surface area contributed by atoms with Crippen LogP contribution in [0.4, 0.5) is 15.8 Å². The van der Waals surface area contributed by atoms with Crippen molar-refractivity contribution < 1.29 is 14.0 Å². The van der Waals surface area contributed by atoms with Gasteiger partial charge in [0.25, 0.3) is 5.91 Å². The zero-order valence-electron chi connectivity index (χ0n) is 14.5. The van der Waals surface area contributed by atoms with E-state index in [2.05, 4.69) is 0 Å². The molecule has 0 spiro atoms. The Balaban J connectivity index is 1.83. The van der Waals surface area contributed by atoms with Gasteiger partial charge in [-0.1, -0.05) is 60.7 Å². The van der Waals surface area contributed by atoms with Crippen molar-refractivity contribution in [3.05, 3.63) is 96.3 Å². The van der Waals surface area contributed by atoms with E-state index in [1.165, 1.54) is 21.9 Å². The van der Waals surface area contributed by atoms with Gasteiger partial charge in [-0.25, -0.2) is 4.39 Å². The first-order chi connectivity index (χ1) is 13.2. The van der Waals surface area contributed by atoms with Crippen molar-refractivity contribution in [2.45, 2.75) is 6.04 Å². The van der Waals surface area contributed by atoms with Gasteiger partial charge < -0.3 is 0 Å². The molecule has 1 aliphatic rings. The Morgan fingerprint density at radius 1 is 0.778 bits per heavy atom. The number of para-hydroxylation sites is 2. The van der Waals surface area contributed by atoms with E-state index in [0.717, 1.165) is 0 Å². The van der Waals surface area contributed by atoms with Gasteiger partial charge in [-0.2, -0.15) is 0 Å². The molecule has 0 radical (unpaired) electrons. The van der Waals surface area contributed by atoms with E-state index in [9.17, 15) is 14.0 Å². The van der Waals surface area contributed by atoms with E-state index in [1.54, 1.807) is 36.4 Å². The standard InChI is InChI=1S/C22H17FN2O2/c23-18-13-7-8-14-19(18)24-15-20(26)25(17-11-5-2-6-12-17)21(22(24)27)16-9-3-1-4-10-16/h1-14,21H,15H2. The van der Waals surface area contributed by atoms with Gasteiger partial charge >= 0.3 is 0 Å². The van der Waals surface area contributed by atoms with Crippen LogP contribution in [0.2, 0.25) is 0 Å². The third kappa shape index (κ3) is 3.08. The van der Waals surface area contributed by atoms with Crippen LogP contribution in [0.15, 0.2) is 84.9 Å². The van der Waals surface area contributed by atoms with Gasteiger partial charge in [-0.3, -0.25) is 19.4 Å². The second-order valence-corrected chi connectivity index (χ2v) is 6.29. The molecule has 0 bridgehead atoms. The van der Waals surface area contributed by atoms with Crippen LogP contribution in [0.1, 0.15) is 11.6 Å². The molecule has 3 aromatic carbocycles. The molecule has 1 aliphatic heterocycles. The second kappa shape index (κ2) is 7.03. The number of halogens is 1. The van der Waals surface area contributed by atoms with Crippen molar-refractivity contribution in [3.63, 3.8) is 0 Å². The van der Waals surface area contributed by atoms with Gasteiger partial charge in [0, 0.05) is 5.69 Å². The Morgan fingerprint density at radius 3 is 2.04 bits per heavy atom. The summed E-state index contributed by atoms with van der Waals surface area (Å²) in [4.78, 5) is 29.1. The summed E-state index contributed by atoms with van der Waals surface area (Å²) in [7, 11) is 0. The van der Waals surface area contributed by atoms with Crippen LogP contribution in [0.5, 0.6) is 0 Å². The molecule has 1 atom stereocenters. The molecule has 0 aromatic heterocycles. The summed E-state index contributed by atoms with van der Waals surface area (Å²) in [6.07, 6.45) is 0. The van der Waals surface area contributed by atoms with Crippen molar-refractivity contribution in [1.82, 2.24) is 0 Å². The monoisotopic (exact) mass is 360 g/mol. The maximum absolute atomic E-state index is 14.3. The molecule has 3 aromatic rings.